The van der Waals surface area contributed by atoms with Gasteiger partial charge in [0, 0.05) is 50.1 Å². The Morgan fingerprint density at radius 3 is 2.55 bits per heavy atom. The fourth-order valence-corrected chi connectivity index (χ4v) is 4.10. The second-order valence-corrected chi connectivity index (χ2v) is 7.64. The summed E-state index contributed by atoms with van der Waals surface area (Å²) in [5, 5.41) is 4.50. The molecule has 3 heterocycles. The molecular weight excluding hydrogens is 369 g/mol. The highest BCUT2D eigenvalue weighted by Gasteiger charge is 2.23. The van der Waals surface area contributed by atoms with Crippen molar-refractivity contribution in [3.05, 3.63) is 58.8 Å². The van der Waals surface area contributed by atoms with Gasteiger partial charge < -0.3 is 9.80 Å². The Bertz CT molecular complexity index is 1050. The predicted molar refractivity (Wildman–Crippen MR) is 111 cm³/mol. The number of hydrogen-bond donors (Lipinski definition) is 0. The smallest absolute Gasteiger partial charge is 0.223 e. The van der Waals surface area contributed by atoms with Gasteiger partial charge in [0.1, 0.15) is 5.82 Å². The fourth-order valence-electron chi connectivity index (χ4n) is 4.10. The Hall–Kier alpha value is -2.96. The molecule has 0 aliphatic carbocycles. The molecule has 152 valence electrons. The summed E-state index contributed by atoms with van der Waals surface area (Å²) in [6.07, 6.45) is 1.08. The van der Waals surface area contributed by atoms with E-state index < -0.39 is 0 Å². The highest BCUT2D eigenvalue weighted by Crippen LogP contribution is 2.21. The van der Waals surface area contributed by atoms with Crippen molar-refractivity contribution < 1.29 is 9.18 Å². The van der Waals surface area contributed by atoms with Gasteiger partial charge in [0.15, 0.2) is 5.65 Å². The molecule has 1 aliphatic rings. The van der Waals surface area contributed by atoms with Gasteiger partial charge in [-0.2, -0.15) is 5.10 Å². The van der Waals surface area contributed by atoms with E-state index in [0.29, 0.717) is 44.7 Å². The maximum absolute atomic E-state index is 14.0. The zero-order chi connectivity index (χ0) is 20.5. The molecule has 0 bridgehead atoms. The van der Waals surface area contributed by atoms with Gasteiger partial charge in [-0.3, -0.25) is 4.79 Å². The molecule has 7 heteroatoms. The Morgan fingerprint density at radius 1 is 1.10 bits per heavy atom. The Labute approximate surface area is 170 Å². The van der Waals surface area contributed by atoms with Crippen molar-refractivity contribution in [1.29, 1.82) is 0 Å². The van der Waals surface area contributed by atoms with Gasteiger partial charge in [-0.25, -0.2) is 13.9 Å². The van der Waals surface area contributed by atoms with Crippen molar-refractivity contribution >= 4 is 17.2 Å². The van der Waals surface area contributed by atoms with Crippen LogP contribution in [0.15, 0.2) is 30.3 Å². The maximum Gasteiger partial charge on any atom is 0.223 e. The lowest BCUT2D eigenvalue weighted by molar-refractivity contribution is -0.131. The van der Waals surface area contributed by atoms with Gasteiger partial charge >= 0.3 is 0 Å². The van der Waals surface area contributed by atoms with Gasteiger partial charge in [0.25, 0.3) is 0 Å². The molecule has 1 saturated heterocycles. The van der Waals surface area contributed by atoms with Crippen molar-refractivity contribution in [2.24, 2.45) is 0 Å². The summed E-state index contributed by atoms with van der Waals surface area (Å²) in [4.78, 5) is 21.3. The highest BCUT2D eigenvalue weighted by atomic mass is 19.1. The molecule has 1 aromatic carbocycles. The zero-order valence-electron chi connectivity index (χ0n) is 17.2. The van der Waals surface area contributed by atoms with E-state index in [2.05, 4.69) is 10.1 Å². The zero-order valence-corrected chi connectivity index (χ0v) is 17.2. The minimum absolute atomic E-state index is 0.133. The van der Waals surface area contributed by atoms with E-state index in [-0.39, 0.29) is 11.7 Å². The lowest BCUT2D eigenvalue weighted by atomic mass is 10.1. The molecule has 29 heavy (non-hydrogen) atoms. The number of carbonyl (C=O) groups is 1. The maximum atomic E-state index is 14.0. The topological polar surface area (TPSA) is 53.7 Å². The number of hydrogen-bond acceptors (Lipinski definition) is 4. The van der Waals surface area contributed by atoms with E-state index in [0.717, 1.165) is 28.3 Å². The standard InChI is InChI=1S/C22H26FN5O/c1-15-14-21-24-16(2)18(17(3)28(21)25-15)8-9-22(29)27-12-10-26(11-13-27)20-7-5-4-6-19(20)23/h4-7,14H,8-13H2,1-3H3. The summed E-state index contributed by atoms with van der Waals surface area (Å²) < 4.78 is 15.8. The molecule has 2 aromatic heterocycles. The first-order valence-corrected chi connectivity index (χ1v) is 10.0. The molecule has 0 atom stereocenters. The number of benzene rings is 1. The molecule has 0 spiro atoms. The van der Waals surface area contributed by atoms with Crippen LogP contribution in [0.1, 0.15) is 29.1 Å². The van der Waals surface area contributed by atoms with Crippen molar-refractivity contribution in [2.45, 2.75) is 33.6 Å². The number of fused-ring (bicyclic) bond motifs is 1. The number of piperazine rings is 1. The summed E-state index contributed by atoms with van der Waals surface area (Å²) in [6, 6.07) is 8.76. The minimum atomic E-state index is -0.213. The number of aromatic nitrogens is 3. The molecule has 0 N–H and O–H groups in total. The highest BCUT2D eigenvalue weighted by molar-refractivity contribution is 5.77. The first kappa shape index (κ1) is 19.4. The average molecular weight is 395 g/mol. The number of amides is 1. The molecule has 1 fully saturated rings. The monoisotopic (exact) mass is 395 g/mol. The van der Waals surface area contributed by atoms with Crippen LogP contribution in [-0.2, 0) is 11.2 Å². The van der Waals surface area contributed by atoms with E-state index in [9.17, 15) is 9.18 Å². The summed E-state index contributed by atoms with van der Waals surface area (Å²) >= 11 is 0. The third kappa shape index (κ3) is 3.81. The second kappa shape index (κ2) is 7.81. The van der Waals surface area contributed by atoms with E-state index in [4.69, 9.17) is 0 Å². The van der Waals surface area contributed by atoms with Crippen LogP contribution in [0.5, 0.6) is 0 Å². The normalized spacial score (nSPS) is 14.6. The van der Waals surface area contributed by atoms with Gasteiger partial charge in [-0.05, 0) is 44.9 Å². The van der Waals surface area contributed by atoms with Crippen molar-refractivity contribution in [3.63, 3.8) is 0 Å². The van der Waals surface area contributed by atoms with Crippen LogP contribution in [0.2, 0.25) is 0 Å². The number of carbonyl (C=O) groups excluding carboxylic acids is 1. The fraction of sp³-hybridized carbons (Fsp3) is 0.409. The average Bonchev–Trinajstić information content (AvgIpc) is 3.08. The number of nitrogens with zero attached hydrogens (tertiary/aromatic N) is 5. The Morgan fingerprint density at radius 2 is 1.83 bits per heavy atom. The van der Waals surface area contributed by atoms with Gasteiger partial charge in [0.2, 0.25) is 5.91 Å². The summed E-state index contributed by atoms with van der Waals surface area (Å²) in [7, 11) is 0. The molecule has 0 radical (unpaired) electrons. The van der Waals surface area contributed by atoms with Crippen LogP contribution in [0, 0.1) is 26.6 Å². The van der Waals surface area contributed by atoms with Crippen LogP contribution in [0.25, 0.3) is 5.65 Å². The largest absolute Gasteiger partial charge is 0.366 e. The molecule has 1 aliphatic heterocycles. The van der Waals surface area contributed by atoms with Gasteiger partial charge in [-0.1, -0.05) is 12.1 Å². The third-order valence-corrected chi connectivity index (χ3v) is 5.70. The first-order valence-electron chi connectivity index (χ1n) is 10.0. The van der Waals surface area contributed by atoms with E-state index in [1.807, 2.05) is 47.2 Å². The lowest BCUT2D eigenvalue weighted by Gasteiger charge is -2.36. The SMILES string of the molecule is Cc1cc2nc(C)c(CCC(=O)N3CCN(c4ccccc4F)CC3)c(C)n2n1. The number of rotatable bonds is 4. The number of para-hydroxylation sites is 1. The van der Waals surface area contributed by atoms with Gasteiger partial charge in [0.05, 0.1) is 11.4 Å². The first-order chi connectivity index (χ1) is 13.9. The van der Waals surface area contributed by atoms with Gasteiger partial charge in [-0.15, -0.1) is 0 Å². The third-order valence-electron chi connectivity index (χ3n) is 5.70. The quantitative estimate of drug-likeness (QED) is 0.681. The molecule has 3 aromatic rings. The van der Waals surface area contributed by atoms with Crippen molar-refractivity contribution in [1.82, 2.24) is 19.5 Å². The Balaban J connectivity index is 1.39. The Kier molecular flexibility index (Phi) is 5.22. The number of aryl methyl sites for hydroxylation is 3. The van der Waals surface area contributed by atoms with E-state index in [1.165, 1.54) is 6.07 Å². The van der Waals surface area contributed by atoms with Crippen LogP contribution < -0.4 is 4.90 Å². The second-order valence-electron chi connectivity index (χ2n) is 7.64. The molecule has 0 unspecified atom stereocenters. The number of anilines is 1. The van der Waals surface area contributed by atoms with Crippen LogP contribution in [0.3, 0.4) is 0 Å². The molecule has 1 amide bonds. The summed E-state index contributed by atoms with van der Waals surface area (Å²) in [6.45, 7) is 8.48. The van der Waals surface area contributed by atoms with Crippen LogP contribution in [-0.4, -0.2) is 51.6 Å². The van der Waals surface area contributed by atoms with Crippen molar-refractivity contribution in [2.75, 3.05) is 31.1 Å². The molecule has 6 nitrogen and oxygen atoms in total. The summed E-state index contributed by atoms with van der Waals surface area (Å²) in [5.74, 6) is -0.0799. The van der Waals surface area contributed by atoms with E-state index >= 15 is 0 Å². The van der Waals surface area contributed by atoms with Crippen LogP contribution >= 0.6 is 0 Å². The number of halogens is 1. The minimum Gasteiger partial charge on any atom is -0.366 e. The van der Waals surface area contributed by atoms with Crippen LogP contribution in [0.4, 0.5) is 10.1 Å². The molecular formula is C22H26FN5O. The predicted octanol–water partition coefficient (Wildman–Crippen LogP) is 3.08. The molecule has 0 saturated carbocycles. The van der Waals surface area contributed by atoms with E-state index in [1.54, 1.807) is 12.1 Å². The summed E-state index contributed by atoms with van der Waals surface area (Å²) in [5.41, 5.74) is 5.46. The lowest BCUT2D eigenvalue weighted by Crippen LogP contribution is -2.49. The van der Waals surface area contributed by atoms with Crippen molar-refractivity contribution in [3.8, 4) is 0 Å². The molecule has 4 rings (SSSR count).